The molecule has 0 spiro atoms. The highest BCUT2D eigenvalue weighted by Crippen LogP contribution is 2.17. The first kappa shape index (κ1) is 10.2. The monoisotopic (exact) mass is 203 g/mol. The Kier molecular flexibility index (Phi) is 3.22. The maximum Gasteiger partial charge on any atom is 0.409 e. The fourth-order valence-electron chi connectivity index (χ4n) is 0.843. The number of nitrogens with one attached hydrogen (secondary N) is 1. The van der Waals surface area contributed by atoms with Crippen LogP contribution in [0.1, 0.15) is 0 Å². The van der Waals surface area contributed by atoms with Gasteiger partial charge in [-0.15, -0.1) is 0 Å². The largest absolute Gasteiger partial charge is 0.465 e. The molecule has 1 rings (SSSR count). The van der Waals surface area contributed by atoms with Crippen LogP contribution in [0.3, 0.4) is 0 Å². The molecule has 0 heterocycles. The average molecular weight is 203 g/mol. The molecule has 0 fully saturated rings. The number of benzene rings is 1. The fourth-order valence-corrected chi connectivity index (χ4v) is 0.843. The first-order chi connectivity index (χ1) is 6.58. The van der Waals surface area contributed by atoms with Gasteiger partial charge < -0.3 is 9.84 Å². The molecule has 4 nitrogen and oxygen atoms in total. The smallest absolute Gasteiger partial charge is 0.409 e. The van der Waals surface area contributed by atoms with Crippen LogP contribution in [0.25, 0.3) is 0 Å². The molecule has 0 bridgehead atoms. The number of halogens is 2. The van der Waals surface area contributed by atoms with Gasteiger partial charge in [0.1, 0.15) is 5.75 Å². The van der Waals surface area contributed by atoms with E-state index in [2.05, 4.69) is 10.1 Å². The zero-order valence-corrected chi connectivity index (χ0v) is 6.91. The summed E-state index contributed by atoms with van der Waals surface area (Å²) in [6.45, 7) is -2.88. The number of hydrogen-bond acceptors (Lipinski definition) is 2. The molecule has 0 aliphatic carbocycles. The van der Waals surface area contributed by atoms with Gasteiger partial charge in [0, 0.05) is 5.69 Å². The Morgan fingerprint density at radius 2 is 1.93 bits per heavy atom. The molecule has 2 N–H and O–H groups in total. The van der Waals surface area contributed by atoms with Crippen LogP contribution in [-0.2, 0) is 0 Å². The van der Waals surface area contributed by atoms with E-state index < -0.39 is 12.7 Å². The molecule has 1 aromatic rings. The van der Waals surface area contributed by atoms with Gasteiger partial charge in [-0.05, 0) is 24.3 Å². The minimum absolute atomic E-state index is 0.0176. The van der Waals surface area contributed by atoms with Gasteiger partial charge in [0.15, 0.2) is 0 Å². The van der Waals surface area contributed by atoms with Crippen molar-refractivity contribution < 1.29 is 23.4 Å². The summed E-state index contributed by atoms with van der Waals surface area (Å²) in [5, 5.41) is 10.4. The molecule has 14 heavy (non-hydrogen) atoms. The van der Waals surface area contributed by atoms with Gasteiger partial charge in [0.05, 0.1) is 0 Å². The van der Waals surface area contributed by atoms with Crippen LogP contribution in [-0.4, -0.2) is 17.8 Å². The molecule has 1 aromatic carbocycles. The number of carbonyl (C=O) groups is 1. The third-order valence-corrected chi connectivity index (χ3v) is 1.33. The van der Waals surface area contributed by atoms with Gasteiger partial charge in [-0.3, -0.25) is 5.32 Å². The highest BCUT2D eigenvalue weighted by Gasteiger charge is 2.04. The molecule has 0 aliphatic rings. The zero-order valence-electron chi connectivity index (χ0n) is 6.91. The Labute approximate surface area is 78.1 Å². The quantitative estimate of drug-likeness (QED) is 0.792. The summed E-state index contributed by atoms with van der Waals surface area (Å²) < 4.78 is 27.5. The zero-order chi connectivity index (χ0) is 10.6. The SMILES string of the molecule is O=C(O)Nc1ccc(OC(F)F)cc1. The van der Waals surface area contributed by atoms with Gasteiger partial charge >= 0.3 is 12.7 Å². The van der Waals surface area contributed by atoms with Crippen molar-refractivity contribution >= 4 is 11.8 Å². The molecular weight excluding hydrogens is 196 g/mol. The molecule has 0 radical (unpaired) electrons. The van der Waals surface area contributed by atoms with Crippen molar-refractivity contribution in [3.8, 4) is 5.75 Å². The van der Waals surface area contributed by atoms with Crippen LogP contribution >= 0.6 is 0 Å². The van der Waals surface area contributed by atoms with Crippen molar-refractivity contribution in [2.45, 2.75) is 6.61 Å². The lowest BCUT2D eigenvalue weighted by Gasteiger charge is -2.05. The highest BCUT2D eigenvalue weighted by molar-refractivity contribution is 5.82. The fraction of sp³-hybridized carbons (Fsp3) is 0.125. The second-order valence-corrected chi connectivity index (χ2v) is 2.33. The average Bonchev–Trinajstić information content (AvgIpc) is 2.06. The van der Waals surface area contributed by atoms with Crippen molar-refractivity contribution in [3.63, 3.8) is 0 Å². The Morgan fingerprint density at radius 3 is 2.36 bits per heavy atom. The summed E-state index contributed by atoms with van der Waals surface area (Å²) in [7, 11) is 0. The van der Waals surface area contributed by atoms with E-state index in [9.17, 15) is 13.6 Å². The Balaban J connectivity index is 2.63. The molecule has 0 saturated carbocycles. The van der Waals surface area contributed by atoms with E-state index in [-0.39, 0.29) is 5.75 Å². The standard InChI is InChI=1S/C8H7F2NO3/c9-7(10)14-6-3-1-5(2-4-6)11-8(12)13/h1-4,7,11H,(H,12,13). The van der Waals surface area contributed by atoms with Gasteiger partial charge in [-0.2, -0.15) is 8.78 Å². The Hall–Kier alpha value is -1.85. The summed E-state index contributed by atoms with van der Waals surface area (Å²) in [6, 6.07) is 5.15. The Bertz CT molecular complexity index is 313. The van der Waals surface area contributed by atoms with Crippen LogP contribution in [0.5, 0.6) is 5.75 Å². The second kappa shape index (κ2) is 4.40. The topological polar surface area (TPSA) is 58.6 Å². The van der Waals surface area contributed by atoms with E-state index in [1.54, 1.807) is 0 Å². The van der Waals surface area contributed by atoms with Crippen LogP contribution in [0.15, 0.2) is 24.3 Å². The number of hydrogen-bond donors (Lipinski definition) is 2. The number of alkyl halides is 2. The van der Waals surface area contributed by atoms with Gasteiger partial charge in [0.2, 0.25) is 0 Å². The first-order valence-corrected chi connectivity index (χ1v) is 3.63. The first-order valence-electron chi connectivity index (χ1n) is 3.63. The molecule has 0 aliphatic heterocycles. The van der Waals surface area contributed by atoms with E-state index in [0.29, 0.717) is 5.69 Å². The lowest BCUT2D eigenvalue weighted by Crippen LogP contribution is -2.07. The van der Waals surface area contributed by atoms with Crippen molar-refractivity contribution in [1.29, 1.82) is 0 Å². The molecule has 0 unspecified atom stereocenters. The van der Waals surface area contributed by atoms with Crippen molar-refractivity contribution in [1.82, 2.24) is 0 Å². The molecule has 76 valence electrons. The number of amides is 1. The minimum Gasteiger partial charge on any atom is -0.465 e. The normalized spacial score (nSPS) is 9.93. The third kappa shape index (κ3) is 3.26. The van der Waals surface area contributed by atoms with Crippen LogP contribution in [0.2, 0.25) is 0 Å². The van der Waals surface area contributed by atoms with Crippen LogP contribution in [0.4, 0.5) is 19.3 Å². The van der Waals surface area contributed by atoms with Crippen molar-refractivity contribution in [3.05, 3.63) is 24.3 Å². The summed E-state index contributed by atoms with van der Waals surface area (Å²) >= 11 is 0. The number of carboxylic acid groups (broad SMARTS) is 1. The number of rotatable bonds is 3. The van der Waals surface area contributed by atoms with E-state index in [0.717, 1.165) is 0 Å². The minimum atomic E-state index is -2.88. The van der Waals surface area contributed by atoms with Gasteiger partial charge in [0.25, 0.3) is 0 Å². The Morgan fingerprint density at radius 1 is 1.36 bits per heavy atom. The van der Waals surface area contributed by atoms with E-state index in [4.69, 9.17) is 5.11 Å². The van der Waals surface area contributed by atoms with E-state index >= 15 is 0 Å². The summed E-state index contributed by atoms with van der Waals surface area (Å²) in [6.07, 6.45) is -1.22. The van der Waals surface area contributed by atoms with E-state index in [1.807, 2.05) is 0 Å². The molecule has 0 atom stereocenters. The van der Waals surface area contributed by atoms with E-state index in [1.165, 1.54) is 24.3 Å². The highest BCUT2D eigenvalue weighted by atomic mass is 19.3. The van der Waals surface area contributed by atoms with Crippen LogP contribution in [0, 0.1) is 0 Å². The third-order valence-electron chi connectivity index (χ3n) is 1.33. The second-order valence-electron chi connectivity index (χ2n) is 2.33. The van der Waals surface area contributed by atoms with Gasteiger partial charge in [-0.1, -0.05) is 0 Å². The number of ether oxygens (including phenoxy) is 1. The van der Waals surface area contributed by atoms with Gasteiger partial charge in [-0.25, -0.2) is 4.79 Å². The number of anilines is 1. The summed E-state index contributed by atoms with van der Waals surface area (Å²) in [4.78, 5) is 10.2. The lowest BCUT2D eigenvalue weighted by atomic mass is 10.3. The predicted molar refractivity (Wildman–Crippen MR) is 44.7 cm³/mol. The molecule has 0 aromatic heterocycles. The molecule has 6 heteroatoms. The predicted octanol–water partition coefficient (Wildman–Crippen LogP) is 2.38. The maximum absolute atomic E-state index is 11.7. The maximum atomic E-state index is 11.7. The van der Waals surface area contributed by atoms with Crippen molar-refractivity contribution in [2.24, 2.45) is 0 Å². The summed E-state index contributed by atoms with van der Waals surface area (Å²) in [5.41, 5.74) is 0.291. The molecule has 1 amide bonds. The van der Waals surface area contributed by atoms with Crippen molar-refractivity contribution in [2.75, 3.05) is 5.32 Å². The summed E-state index contributed by atoms with van der Waals surface area (Å²) in [5.74, 6) is -0.0176. The molecule has 0 saturated heterocycles. The molecular formula is C8H7F2NO3. The van der Waals surface area contributed by atoms with Crippen LogP contribution < -0.4 is 10.1 Å². The lowest BCUT2D eigenvalue weighted by molar-refractivity contribution is -0.0498.